The molecule has 23 heavy (non-hydrogen) atoms. The number of aliphatic carboxylic acids is 1. The first kappa shape index (κ1) is 18.8. The number of carboxylic acid groups (broad SMARTS) is 1. The van der Waals surface area contributed by atoms with Crippen molar-refractivity contribution in [3.05, 3.63) is 28.8 Å². The van der Waals surface area contributed by atoms with Crippen molar-refractivity contribution in [1.82, 2.24) is 5.32 Å². The lowest BCUT2D eigenvalue weighted by Gasteiger charge is -2.24. The summed E-state index contributed by atoms with van der Waals surface area (Å²) in [5.41, 5.74) is 8.78. The number of benzene rings is 1. The van der Waals surface area contributed by atoms with E-state index in [0.29, 0.717) is 12.1 Å². The first-order chi connectivity index (χ1) is 10.5. The topological polar surface area (TPSA) is 102 Å². The maximum Gasteiger partial charge on any atom is 0.407 e. The summed E-state index contributed by atoms with van der Waals surface area (Å²) in [5, 5.41) is 11.7. The number of alkyl carbamates (subject to hydrolysis) is 1. The number of nitrogens with two attached hydrogens (primary N) is 1. The van der Waals surface area contributed by atoms with E-state index in [1.54, 1.807) is 20.8 Å². The van der Waals surface area contributed by atoms with Crippen LogP contribution in [0.15, 0.2) is 12.1 Å². The molecule has 0 saturated heterocycles. The van der Waals surface area contributed by atoms with Crippen LogP contribution < -0.4 is 11.1 Å². The first-order valence-corrected chi connectivity index (χ1v) is 7.55. The largest absolute Gasteiger partial charge is 0.481 e. The average molecular weight is 322 g/mol. The average Bonchev–Trinajstić information content (AvgIpc) is 2.29. The number of ether oxygens (including phenoxy) is 1. The molecular formula is C17H26N2O4. The lowest BCUT2D eigenvalue weighted by Crippen LogP contribution is -2.41. The molecule has 0 heterocycles. The van der Waals surface area contributed by atoms with Gasteiger partial charge in [-0.3, -0.25) is 4.79 Å². The monoisotopic (exact) mass is 322 g/mol. The summed E-state index contributed by atoms with van der Waals surface area (Å²) < 4.78 is 5.20. The Morgan fingerprint density at radius 3 is 2.22 bits per heavy atom. The molecule has 0 saturated carbocycles. The highest BCUT2D eigenvalue weighted by atomic mass is 16.6. The van der Waals surface area contributed by atoms with Crippen LogP contribution in [0.2, 0.25) is 0 Å². The molecule has 0 spiro atoms. The van der Waals surface area contributed by atoms with E-state index >= 15 is 0 Å². The van der Waals surface area contributed by atoms with Gasteiger partial charge in [0.25, 0.3) is 0 Å². The van der Waals surface area contributed by atoms with Crippen molar-refractivity contribution in [3.63, 3.8) is 0 Å². The Balaban J connectivity index is 2.91. The predicted octanol–water partition coefficient (Wildman–Crippen LogP) is 2.80. The van der Waals surface area contributed by atoms with Crippen molar-refractivity contribution in [3.8, 4) is 0 Å². The molecule has 1 atom stereocenters. The van der Waals surface area contributed by atoms with Crippen LogP contribution in [0.3, 0.4) is 0 Å². The van der Waals surface area contributed by atoms with Crippen molar-refractivity contribution in [2.24, 2.45) is 0 Å². The summed E-state index contributed by atoms with van der Waals surface area (Å²) in [6, 6.07) is 3.13. The molecule has 4 N–H and O–H groups in total. The van der Waals surface area contributed by atoms with Crippen LogP contribution in [-0.4, -0.2) is 28.8 Å². The van der Waals surface area contributed by atoms with Gasteiger partial charge < -0.3 is 20.9 Å². The van der Waals surface area contributed by atoms with Gasteiger partial charge >= 0.3 is 12.1 Å². The third kappa shape index (κ3) is 6.59. The van der Waals surface area contributed by atoms with E-state index < -0.39 is 23.7 Å². The van der Waals surface area contributed by atoms with E-state index in [9.17, 15) is 9.59 Å². The zero-order chi connectivity index (χ0) is 17.8. The van der Waals surface area contributed by atoms with Gasteiger partial charge in [-0.2, -0.15) is 0 Å². The lowest BCUT2D eigenvalue weighted by atomic mass is 9.94. The Morgan fingerprint density at radius 2 is 1.78 bits per heavy atom. The van der Waals surface area contributed by atoms with Crippen LogP contribution >= 0.6 is 0 Å². The fraction of sp³-hybridized carbons (Fsp3) is 0.529. The van der Waals surface area contributed by atoms with Crippen LogP contribution in [0, 0.1) is 13.8 Å². The third-order valence-electron chi connectivity index (χ3n) is 3.31. The Hall–Kier alpha value is -2.24. The first-order valence-electron chi connectivity index (χ1n) is 7.55. The molecule has 128 valence electrons. The van der Waals surface area contributed by atoms with Crippen molar-refractivity contribution in [2.45, 2.75) is 59.1 Å². The Kier molecular flexibility index (Phi) is 6.01. The Labute approximate surface area is 137 Å². The SMILES string of the molecule is Cc1cc(N)cc(C)c1C[C@@H](CC(=O)O)NC(=O)OC(C)(C)C. The van der Waals surface area contributed by atoms with Gasteiger partial charge in [0, 0.05) is 11.7 Å². The highest BCUT2D eigenvalue weighted by Gasteiger charge is 2.22. The molecule has 0 unspecified atom stereocenters. The zero-order valence-electron chi connectivity index (χ0n) is 14.4. The second-order valence-corrected chi connectivity index (χ2v) is 6.78. The second-order valence-electron chi connectivity index (χ2n) is 6.78. The smallest absolute Gasteiger partial charge is 0.407 e. The minimum absolute atomic E-state index is 0.178. The molecule has 0 aliphatic heterocycles. The van der Waals surface area contributed by atoms with Gasteiger partial charge in [-0.05, 0) is 69.9 Å². The fourth-order valence-corrected chi connectivity index (χ4v) is 2.45. The number of nitrogen functional groups attached to an aromatic ring is 1. The number of carboxylic acids is 1. The van der Waals surface area contributed by atoms with Crippen molar-refractivity contribution in [1.29, 1.82) is 0 Å². The van der Waals surface area contributed by atoms with Crippen molar-refractivity contribution >= 4 is 17.7 Å². The van der Waals surface area contributed by atoms with Crippen molar-refractivity contribution in [2.75, 3.05) is 5.73 Å². The van der Waals surface area contributed by atoms with Gasteiger partial charge in [-0.1, -0.05) is 0 Å². The van der Waals surface area contributed by atoms with Crippen LogP contribution in [0.1, 0.15) is 43.9 Å². The van der Waals surface area contributed by atoms with E-state index in [0.717, 1.165) is 16.7 Å². The highest BCUT2D eigenvalue weighted by Crippen LogP contribution is 2.20. The standard InChI is InChI=1S/C17H26N2O4/c1-10-6-12(18)7-11(2)14(10)8-13(9-15(20)21)19-16(22)23-17(3,4)5/h6-7,13H,8-9,18H2,1-5H3,(H,19,22)(H,20,21)/t13-/m0/s1. The lowest BCUT2D eigenvalue weighted by molar-refractivity contribution is -0.137. The molecule has 0 fully saturated rings. The number of anilines is 1. The summed E-state index contributed by atoms with van der Waals surface area (Å²) in [4.78, 5) is 23.0. The van der Waals surface area contributed by atoms with E-state index in [1.807, 2.05) is 26.0 Å². The number of aryl methyl sites for hydroxylation is 2. The van der Waals surface area contributed by atoms with Crippen molar-refractivity contribution < 1.29 is 19.4 Å². The maximum atomic E-state index is 11.9. The number of amides is 1. The van der Waals surface area contributed by atoms with Gasteiger partial charge in [0.15, 0.2) is 0 Å². The van der Waals surface area contributed by atoms with Gasteiger partial charge in [0.05, 0.1) is 6.42 Å². The normalized spacial score (nSPS) is 12.6. The molecule has 6 nitrogen and oxygen atoms in total. The molecule has 0 bridgehead atoms. The minimum Gasteiger partial charge on any atom is -0.481 e. The van der Waals surface area contributed by atoms with E-state index in [-0.39, 0.29) is 6.42 Å². The molecule has 0 aliphatic rings. The Morgan fingerprint density at radius 1 is 1.26 bits per heavy atom. The summed E-state index contributed by atoms with van der Waals surface area (Å²) in [5.74, 6) is -0.975. The minimum atomic E-state index is -0.975. The summed E-state index contributed by atoms with van der Waals surface area (Å²) in [7, 11) is 0. The quantitative estimate of drug-likeness (QED) is 0.724. The number of hydrogen-bond donors (Lipinski definition) is 3. The van der Waals surface area contributed by atoms with Gasteiger partial charge in [0.1, 0.15) is 5.60 Å². The highest BCUT2D eigenvalue weighted by molar-refractivity contribution is 5.71. The number of rotatable bonds is 5. The van der Waals surface area contributed by atoms with Crippen LogP contribution in [0.5, 0.6) is 0 Å². The van der Waals surface area contributed by atoms with Gasteiger partial charge in [0.2, 0.25) is 0 Å². The molecule has 0 aliphatic carbocycles. The number of nitrogens with one attached hydrogen (secondary N) is 1. The summed E-state index contributed by atoms with van der Waals surface area (Å²) >= 11 is 0. The fourth-order valence-electron chi connectivity index (χ4n) is 2.45. The van der Waals surface area contributed by atoms with E-state index in [1.165, 1.54) is 0 Å². The zero-order valence-corrected chi connectivity index (χ0v) is 14.4. The van der Waals surface area contributed by atoms with Gasteiger partial charge in [-0.15, -0.1) is 0 Å². The molecule has 0 aromatic heterocycles. The van der Waals surface area contributed by atoms with Crippen LogP contribution in [-0.2, 0) is 16.0 Å². The molecule has 1 aromatic carbocycles. The van der Waals surface area contributed by atoms with Gasteiger partial charge in [-0.25, -0.2) is 4.79 Å². The molecule has 1 rings (SSSR count). The molecule has 1 amide bonds. The number of hydrogen-bond acceptors (Lipinski definition) is 4. The molecular weight excluding hydrogens is 296 g/mol. The maximum absolute atomic E-state index is 11.9. The number of carbonyl (C=O) groups excluding carboxylic acids is 1. The molecule has 6 heteroatoms. The van der Waals surface area contributed by atoms with E-state index in [4.69, 9.17) is 15.6 Å². The van der Waals surface area contributed by atoms with Crippen LogP contribution in [0.4, 0.5) is 10.5 Å². The Bertz CT molecular complexity index is 568. The van der Waals surface area contributed by atoms with Crippen LogP contribution in [0.25, 0.3) is 0 Å². The van der Waals surface area contributed by atoms with E-state index in [2.05, 4.69) is 5.32 Å². The molecule has 1 aromatic rings. The summed E-state index contributed by atoms with van der Waals surface area (Å²) in [6.45, 7) is 9.11. The predicted molar refractivity (Wildman–Crippen MR) is 89.4 cm³/mol. The molecule has 0 radical (unpaired) electrons. The number of carbonyl (C=O) groups is 2. The third-order valence-corrected chi connectivity index (χ3v) is 3.31. The second kappa shape index (κ2) is 7.35. The summed E-state index contributed by atoms with van der Waals surface area (Å²) in [6.07, 6.45) is -0.388.